The lowest BCUT2D eigenvalue weighted by atomic mass is 10.2. The number of pyridine rings is 1. The van der Waals surface area contributed by atoms with Gasteiger partial charge in [-0.25, -0.2) is 4.79 Å². The van der Waals surface area contributed by atoms with Crippen molar-refractivity contribution in [3.63, 3.8) is 0 Å². The fourth-order valence-electron chi connectivity index (χ4n) is 2.62. The Bertz CT molecular complexity index is 430. The van der Waals surface area contributed by atoms with Crippen molar-refractivity contribution in [3.05, 3.63) is 24.0 Å². The zero-order chi connectivity index (χ0) is 13.7. The van der Waals surface area contributed by atoms with E-state index in [1.807, 2.05) is 0 Å². The first kappa shape index (κ1) is 13.8. The number of nitrogens with one attached hydrogen (secondary N) is 1. The molecule has 0 atom stereocenters. The Labute approximate surface area is 113 Å². The van der Waals surface area contributed by atoms with Gasteiger partial charge in [0.1, 0.15) is 0 Å². The van der Waals surface area contributed by atoms with E-state index < -0.39 is 5.97 Å². The summed E-state index contributed by atoms with van der Waals surface area (Å²) in [7, 11) is 2.14. The van der Waals surface area contributed by atoms with Crippen molar-refractivity contribution in [1.29, 1.82) is 0 Å². The third kappa shape index (κ3) is 3.67. The Hall–Kier alpha value is -1.62. The van der Waals surface area contributed by atoms with Gasteiger partial charge in [0, 0.05) is 25.3 Å². The Morgan fingerprint density at radius 3 is 2.95 bits per heavy atom. The van der Waals surface area contributed by atoms with Crippen LogP contribution in [-0.2, 0) is 0 Å². The van der Waals surface area contributed by atoms with Crippen LogP contribution in [0.2, 0.25) is 0 Å². The standard InChI is InChI=1S/C14H21N3O2/c1-17(11-4-2-3-5-11)9-8-16-13-10-15-7-6-12(13)14(18)19/h6-7,10-11,16H,2-5,8-9H2,1H3,(H,18,19). The van der Waals surface area contributed by atoms with Crippen LogP contribution in [0.5, 0.6) is 0 Å². The summed E-state index contributed by atoms with van der Waals surface area (Å²) in [5, 5.41) is 12.2. The molecule has 0 spiro atoms. The molecular formula is C14H21N3O2. The Kier molecular flexibility index (Phi) is 4.74. The fourth-order valence-corrected chi connectivity index (χ4v) is 2.62. The number of hydrogen-bond acceptors (Lipinski definition) is 4. The van der Waals surface area contributed by atoms with Crippen LogP contribution in [0.25, 0.3) is 0 Å². The van der Waals surface area contributed by atoms with Gasteiger partial charge in [-0.3, -0.25) is 4.98 Å². The molecule has 2 N–H and O–H groups in total. The molecule has 19 heavy (non-hydrogen) atoms. The van der Waals surface area contributed by atoms with Crippen molar-refractivity contribution in [2.24, 2.45) is 0 Å². The number of rotatable bonds is 6. The number of likely N-dealkylation sites (N-methyl/N-ethyl adjacent to an activating group) is 1. The second-order valence-corrected chi connectivity index (χ2v) is 5.07. The van der Waals surface area contributed by atoms with Crippen molar-refractivity contribution in [3.8, 4) is 0 Å². The highest BCUT2D eigenvalue weighted by Gasteiger charge is 2.19. The molecule has 0 radical (unpaired) electrons. The molecule has 1 fully saturated rings. The van der Waals surface area contributed by atoms with E-state index in [0.717, 1.165) is 13.1 Å². The zero-order valence-electron chi connectivity index (χ0n) is 11.3. The summed E-state index contributed by atoms with van der Waals surface area (Å²) in [5.41, 5.74) is 0.869. The van der Waals surface area contributed by atoms with Gasteiger partial charge in [0.2, 0.25) is 0 Å². The molecule has 5 nitrogen and oxygen atoms in total. The van der Waals surface area contributed by atoms with Crippen LogP contribution in [0, 0.1) is 0 Å². The van der Waals surface area contributed by atoms with E-state index in [4.69, 9.17) is 5.11 Å². The molecule has 2 rings (SSSR count). The van der Waals surface area contributed by atoms with Gasteiger partial charge in [-0.2, -0.15) is 0 Å². The van der Waals surface area contributed by atoms with E-state index in [0.29, 0.717) is 11.7 Å². The lowest BCUT2D eigenvalue weighted by molar-refractivity contribution is 0.0698. The number of aromatic nitrogens is 1. The van der Waals surface area contributed by atoms with Gasteiger partial charge in [-0.05, 0) is 26.0 Å². The maximum atomic E-state index is 11.0. The second kappa shape index (κ2) is 6.52. The number of carbonyl (C=O) groups is 1. The second-order valence-electron chi connectivity index (χ2n) is 5.07. The largest absolute Gasteiger partial charge is 0.478 e. The molecule has 1 aliphatic rings. The Morgan fingerprint density at radius 1 is 1.53 bits per heavy atom. The van der Waals surface area contributed by atoms with Crippen molar-refractivity contribution >= 4 is 11.7 Å². The minimum atomic E-state index is -0.922. The van der Waals surface area contributed by atoms with Gasteiger partial charge in [0.15, 0.2) is 0 Å². The lowest BCUT2D eigenvalue weighted by Gasteiger charge is -2.24. The highest BCUT2D eigenvalue weighted by molar-refractivity contribution is 5.93. The summed E-state index contributed by atoms with van der Waals surface area (Å²) in [6.07, 6.45) is 8.29. The first-order chi connectivity index (χ1) is 9.18. The van der Waals surface area contributed by atoms with Crippen LogP contribution in [0.15, 0.2) is 18.5 Å². The van der Waals surface area contributed by atoms with E-state index in [9.17, 15) is 4.79 Å². The highest BCUT2D eigenvalue weighted by atomic mass is 16.4. The van der Waals surface area contributed by atoms with E-state index >= 15 is 0 Å². The van der Waals surface area contributed by atoms with Gasteiger partial charge in [0.25, 0.3) is 0 Å². The molecule has 0 unspecified atom stereocenters. The molecule has 1 aliphatic carbocycles. The minimum Gasteiger partial charge on any atom is -0.478 e. The number of carboxylic acids is 1. The Morgan fingerprint density at radius 2 is 2.26 bits per heavy atom. The fraction of sp³-hybridized carbons (Fsp3) is 0.571. The van der Waals surface area contributed by atoms with E-state index in [1.54, 1.807) is 6.20 Å². The molecule has 0 saturated heterocycles. The molecule has 0 aliphatic heterocycles. The monoisotopic (exact) mass is 263 g/mol. The molecule has 104 valence electrons. The highest BCUT2D eigenvalue weighted by Crippen LogP contribution is 2.22. The summed E-state index contributed by atoms with van der Waals surface area (Å²) >= 11 is 0. The van der Waals surface area contributed by atoms with Crippen LogP contribution in [-0.4, -0.2) is 47.1 Å². The average Bonchev–Trinajstić information content (AvgIpc) is 2.93. The summed E-state index contributed by atoms with van der Waals surface area (Å²) in [4.78, 5) is 17.4. The topological polar surface area (TPSA) is 65.5 Å². The van der Waals surface area contributed by atoms with Crippen LogP contribution < -0.4 is 5.32 Å². The van der Waals surface area contributed by atoms with E-state index in [1.165, 1.54) is 37.9 Å². The third-order valence-electron chi connectivity index (χ3n) is 3.78. The molecule has 0 aromatic carbocycles. The van der Waals surface area contributed by atoms with Crippen molar-refractivity contribution in [1.82, 2.24) is 9.88 Å². The molecule has 0 amide bonds. The van der Waals surface area contributed by atoms with Gasteiger partial charge in [-0.15, -0.1) is 0 Å². The van der Waals surface area contributed by atoms with Gasteiger partial charge in [0.05, 0.1) is 17.4 Å². The summed E-state index contributed by atoms with van der Waals surface area (Å²) in [6, 6.07) is 2.21. The molecule has 1 heterocycles. The van der Waals surface area contributed by atoms with Crippen LogP contribution in [0.1, 0.15) is 36.0 Å². The van der Waals surface area contributed by atoms with Gasteiger partial charge < -0.3 is 15.3 Å². The summed E-state index contributed by atoms with van der Waals surface area (Å²) in [6.45, 7) is 1.65. The number of hydrogen-bond donors (Lipinski definition) is 2. The van der Waals surface area contributed by atoms with E-state index in [-0.39, 0.29) is 5.56 Å². The zero-order valence-corrected chi connectivity index (χ0v) is 11.3. The maximum Gasteiger partial charge on any atom is 0.337 e. The third-order valence-corrected chi connectivity index (χ3v) is 3.78. The molecule has 1 aromatic rings. The average molecular weight is 263 g/mol. The van der Waals surface area contributed by atoms with Gasteiger partial charge >= 0.3 is 5.97 Å². The van der Waals surface area contributed by atoms with Crippen molar-refractivity contribution < 1.29 is 9.90 Å². The number of anilines is 1. The minimum absolute atomic E-state index is 0.276. The van der Waals surface area contributed by atoms with Crippen LogP contribution in [0.4, 0.5) is 5.69 Å². The van der Waals surface area contributed by atoms with Gasteiger partial charge in [-0.1, -0.05) is 12.8 Å². The van der Waals surface area contributed by atoms with E-state index in [2.05, 4.69) is 22.2 Å². The number of carboxylic acid groups (broad SMARTS) is 1. The Balaban J connectivity index is 1.83. The molecule has 0 bridgehead atoms. The molecule has 1 saturated carbocycles. The van der Waals surface area contributed by atoms with Crippen molar-refractivity contribution in [2.75, 3.05) is 25.5 Å². The number of nitrogens with zero attached hydrogens (tertiary/aromatic N) is 2. The SMILES string of the molecule is CN(CCNc1cnccc1C(=O)O)C1CCCC1. The first-order valence-corrected chi connectivity index (χ1v) is 6.80. The first-order valence-electron chi connectivity index (χ1n) is 6.80. The molecule has 1 aromatic heterocycles. The smallest absolute Gasteiger partial charge is 0.337 e. The lowest BCUT2D eigenvalue weighted by Crippen LogP contribution is -2.33. The number of aromatic carboxylic acids is 1. The maximum absolute atomic E-state index is 11.0. The molecule has 5 heteroatoms. The van der Waals surface area contributed by atoms with Crippen LogP contribution in [0.3, 0.4) is 0 Å². The predicted octanol–water partition coefficient (Wildman–Crippen LogP) is 2.07. The predicted molar refractivity (Wildman–Crippen MR) is 74.6 cm³/mol. The normalized spacial score (nSPS) is 15.9. The summed E-state index contributed by atoms with van der Waals surface area (Å²) in [5.74, 6) is -0.922. The van der Waals surface area contributed by atoms with Crippen molar-refractivity contribution in [2.45, 2.75) is 31.7 Å². The summed E-state index contributed by atoms with van der Waals surface area (Å²) < 4.78 is 0. The van der Waals surface area contributed by atoms with Crippen LogP contribution >= 0.6 is 0 Å². The molecular weight excluding hydrogens is 242 g/mol. The quantitative estimate of drug-likeness (QED) is 0.822.